The normalized spacial score (nSPS) is 13.1. The maximum Gasteiger partial charge on any atom is 0.167 e. The Labute approximate surface area is 142 Å². The maximum absolute atomic E-state index is 6.11. The summed E-state index contributed by atoms with van der Waals surface area (Å²) < 4.78 is 5.41. The summed E-state index contributed by atoms with van der Waals surface area (Å²) in [5.41, 5.74) is 5.11. The van der Waals surface area contributed by atoms with Gasteiger partial charge in [-0.15, -0.1) is 0 Å². The first-order valence-corrected chi connectivity index (χ1v) is 7.82. The van der Waals surface area contributed by atoms with Crippen molar-refractivity contribution in [3.63, 3.8) is 0 Å². The van der Waals surface area contributed by atoms with E-state index in [1.54, 1.807) is 6.07 Å². The molecule has 23 heavy (non-hydrogen) atoms. The number of aromatic nitrogens is 2. The van der Waals surface area contributed by atoms with Crippen molar-refractivity contribution in [2.45, 2.75) is 13.5 Å². The molecule has 1 aliphatic heterocycles. The fraction of sp³-hybridized carbons (Fsp3) is 0.118. The van der Waals surface area contributed by atoms with E-state index in [9.17, 15) is 0 Å². The van der Waals surface area contributed by atoms with Gasteiger partial charge in [0.1, 0.15) is 11.7 Å². The van der Waals surface area contributed by atoms with Crippen LogP contribution in [0.5, 0.6) is 0 Å². The molecule has 0 unspecified atom stereocenters. The number of nitrogens with zero attached hydrogens (tertiary/aromatic N) is 3. The quantitative estimate of drug-likeness (QED) is 0.601. The van der Waals surface area contributed by atoms with E-state index < -0.39 is 0 Å². The average Bonchev–Trinajstić information content (AvgIpc) is 2.82. The molecule has 6 heteroatoms. The summed E-state index contributed by atoms with van der Waals surface area (Å²) in [6.45, 7) is 2.30. The second-order valence-corrected chi connectivity index (χ2v) is 6.09. The van der Waals surface area contributed by atoms with Crippen LogP contribution in [-0.2, 0) is 6.54 Å². The van der Waals surface area contributed by atoms with Crippen molar-refractivity contribution in [2.75, 3.05) is 0 Å². The van der Waals surface area contributed by atoms with E-state index in [4.69, 9.17) is 32.7 Å². The number of pyridine rings is 1. The molecule has 1 aromatic carbocycles. The van der Waals surface area contributed by atoms with E-state index in [0.717, 1.165) is 33.8 Å². The molecular weight excluding hydrogens is 333 g/mol. The highest BCUT2D eigenvalue weighted by Gasteiger charge is 2.25. The second kappa shape index (κ2) is 5.48. The largest absolute Gasteiger partial charge is 0.358 e. The molecule has 0 saturated heterocycles. The standard InChI is InChI=1S/C17H11Cl2N3O/c1-9-15-13(23-22-9)8-20-16(10-2-4-11(18)5-3-10)12-6-7-14(19)21-17(12)15/h2-7H,8H2,1H3. The maximum atomic E-state index is 6.11. The third-order valence-electron chi connectivity index (χ3n) is 3.79. The first-order chi connectivity index (χ1) is 11.1. The third-order valence-corrected chi connectivity index (χ3v) is 4.25. The molecule has 0 bridgehead atoms. The number of aliphatic imine (C=N–C) groups is 1. The van der Waals surface area contributed by atoms with Crippen molar-refractivity contribution >= 4 is 28.9 Å². The molecule has 1 aliphatic rings. The van der Waals surface area contributed by atoms with E-state index in [1.807, 2.05) is 37.3 Å². The zero-order valence-corrected chi connectivity index (χ0v) is 13.7. The van der Waals surface area contributed by atoms with Crippen molar-refractivity contribution in [3.05, 3.63) is 69.2 Å². The molecule has 114 valence electrons. The SMILES string of the molecule is Cc1noc2c1-c1nc(Cl)ccc1C(c1ccc(Cl)cc1)=NC2. The second-order valence-electron chi connectivity index (χ2n) is 5.27. The molecule has 0 amide bonds. The van der Waals surface area contributed by atoms with Crippen LogP contribution in [-0.4, -0.2) is 15.9 Å². The number of fused-ring (bicyclic) bond motifs is 3. The van der Waals surface area contributed by atoms with Crippen LogP contribution in [0.2, 0.25) is 10.2 Å². The van der Waals surface area contributed by atoms with Gasteiger partial charge in [0.05, 0.1) is 22.7 Å². The number of hydrogen-bond acceptors (Lipinski definition) is 4. The monoisotopic (exact) mass is 343 g/mol. The summed E-state index contributed by atoms with van der Waals surface area (Å²) in [5.74, 6) is 0.697. The number of aryl methyl sites for hydroxylation is 1. The Morgan fingerprint density at radius 2 is 1.83 bits per heavy atom. The Kier molecular flexibility index (Phi) is 3.43. The average molecular weight is 344 g/mol. The molecule has 4 nitrogen and oxygen atoms in total. The van der Waals surface area contributed by atoms with Gasteiger partial charge in [0.25, 0.3) is 0 Å². The summed E-state index contributed by atoms with van der Waals surface area (Å²) in [5, 5.41) is 5.14. The summed E-state index contributed by atoms with van der Waals surface area (Å²) in [7, 11) is 0. The minimum Gasteiger partial charge on any atom is -0.358 e. The molecule has 0 fully saturated rings. The summed E-state index contributed by atoms with van der Waals surface area (Å²) in [6.07, 6.45) is 0. The van der Waals surface area contributed by atoms with Gasteiger partial charge in [-0.05, 0) is 31.2 Å². The molecule has 0 aliphatic carbocycles. The minimum absolute atomic E-state index is 0.405. The van der Waals surface area contributed by atoms with Gasteiger partial charge in [-0.3, -0.25) is 4.99 Å². The Morgan fingerprint density at radius 3 is 2.61 bits per heavy atom. The van der Waals surface area contributed by atoms with Gasteiger partial charge in [-0.25, -0.2) is 4.98 Å². The van der Waals surface area contributed by atoms with E-state index >= 15 is 0 Å². The van der Waals surface area contributed by atoms with Crippen molar-refractivity contribution in [1.29, 1.82) is 0 Å². The number of hydrogen-bond donors (Lipinski definition) is 0. The van der Waals surface area contributed by atoms with Gasteiger partial charge in [0.15, 0.2) is 5.76 Å². The highest BCUT2D eigenvalue weighted by atomic mass is 35.5. The lowest BCUT2D eigenvalue weighted by Gasteiger charge is -2.10. The Bertz CT molecular complexity index is 930. The lowest BCUT2D eigenvalue weighted by Crippen LogP contribution is -2.06. The molecule has 0 radical (unpaired) electrons. The topological polar surface area (TPSA) is 51.3 Å². The molecule has 0 saturated carbocycles. The van der Waals surface area contributed by atoms with Crippen molar-refractivity contribution in [2.24, 2.45) is 4.99 Å². The number of rotatable bonds is 1. The van der Waals surface area contributed by atoms with Gasteiger partial charge in [-0.1, -0.05) is 40.5 Å². The summed E-state index contributed by atoms with van der Waals surface area (Å²) in [6, 6.07) is 11.3. The van der Waals surface area contributed by atoms with Crippen LogP contribution in [0.3, 0.4) is 0 Å². The van der Waals surface area contributed by atoms with Gasteiger partial charge in [0, 0.05) is 16.1 Å². The molecule has 0 atom stereocenters. The van der Waals surface area contributed by atoms with Gasteiger partial charge < -0.3 is 4.52 Å². The Balaban J connectivity index is 1.98. The summed E-state index contributed by atoms with van der Waals surface area (Å²) in [4.78, 5) is 9.21. The smallest absolute Gasteiger partial charge is 0.167 e. The van der Waals surface area contributed by atoms with Crippen LogP contribution < -0.4 is 0 Å². The van der Waals surface area contributed by atoms with E-state index in [-0.39, 0.29) is 0 Å². The fourth-order valence-electron chi connectivity index (χ4n) is 2.74. The van der Waals surface area contributed by atoms with E-state index in [1.165, 1.54) is 0 Å². The lowest BCUT2D eigenvalue weighted by atomic mass is 9.98. The molecule has 0 spiro atoms. The molecule has 0 N–H and O–H groups in total. The predicted octanol–water partition coefficient (Wildman–Crippen LogP) is 4.70. The van der Waals surface area contributed by atoms with Crippen LogP contribution in [0.4, 0.5) is 0 Å². The van der Waals surface area contributed by atoms with E-state index in [2.05, 4.69) is 10.1 Å². The third kappa shape index (κ3) is 2.44. The predicted molar refractivity (Wildman–Crippen MR) is 90.3 cm³/mol. The van der Waals surface area contributed by atoms with E-state index in [0.29, 0.717) is 22.5 Å². The van der Waals surface area contributed by atoms with Crippen molar-refractivity contribution in [3.8, 4) is 11.3 Å². The van der Waals surface area contributed by atoms with Gasteiger partial charge in [-0.2, -0.15) is 0 Å². The highest BCUT2D eigenvalue weighted by molar-refractivity contribution is 6.31. The Morgan fingerprint density at radius 1 is 1.04 bits per heavy atom. The van der Waals surface area contributed by atoms with Crippen molar-refractivity contribution in [1.82, 2.24) is 10.1 Å². The van der Waals surface area contributed by atoms with Crippen LogP contribution in [0.1, 0.15) is 22.6 Å². The van der Waals surface area contributed by atoms with Crippen molar-refractivity contribution < 1.29 is 4.52 Å². The van der Waals surface area contributed by atoms with Crippen LogP contribution in [0.15, 0.2) is 45.9 Å². The fourth-order valence-corrected chi connectivity index (χ4v) is 3.01. The molecule has 2 aromatic heterocycles. The molecule has 4 rings (SSSR count). The lowest BCUT2D eigenvalue weighted by molar-refractivity contribution is 0.382. The molecule has 3 aromatic rings. The minimum atomic E-state index is 0.405. The zero-order chi connectivity index (χ0) is 16.0. The summed E-state index contributed by atoms with van der Waals surface area (Å²) >= 11 is 12.1. The number of benzene rings is 1. The van der Waals surface area contributed by atoms with Crippen LogP contribution in [0.25, 0.3) is 11.3 Å². The Hall–Kier alpha value is -2.17. The first kappa shape index (κ1) is 14.4. The van der Waals surface area contributed by atoms with Gasteiger partial charge >= 0.3 is 0 Å². The van der Waals surface area contributed by atoms with Gasteiger partial charge in [0.2, 0.25) is 0 Å². The molecule has 3 heterocycles. The zero-order valence-electron chi connectivity index (χ0n) is 12.2. The number of halogens is 2. The van der Waals surface area contributed by atoms with Crippen LogP contribution in [0, 0.1) is 6.92 Å². The first-order valence-electron chi connectivity index (χ1n) is 7.06. The highest BCUT2D eigenvalue weighted by Crippen LogP contribution is 2.34. The van der Waals surface area contributed by atoms with Crippen LogP contribution >= 0.6 is 23.2 Å². The molecular formula is C17H11Cl2N3O.